The topological polar surface area (TPSA) is 46.1 Å². The van der Waals surface area contributed by atoms with Crippen LogP contribution in [0.5, 0.6) is 0 Å². The molecule has 0 fully saturated rings. The summed E-state index contributed by atoms with van der Waals surface area (Å²) in [6.45, 7) is 0.0660. The molecule has 4 nitrogen and oxygen atoms in total. The van der Waals surface area contributed by atoms with Crippen LogP contribution in [0, 0.1) is 0 Å². The molecule has 138 valence electrons. The number of amides is 1. The fourth-order valence-electron chi connectivity index (χ4n) is 2.53. The van der Waals surface area contributed by atoms with Crippen molar-refractivity contribution in [3.63, 3.8) is 0 Å². The lowest BCUT2D eigenvalue weighted by Gasteiger charge is -2.16. The monoisotopic (exact) mass is 371 g/mol. The molecule has 27 heavy (non-hydrogen) atoms. The van der Waals surface area contributed by atoms with E-state index in [0.717, 1.165) is 17.6 Å². The number of halogens is 3. The van der Waals surface area contributed by atoms with Gasteiger partial charge in [0.25, 0.3) is 0 Å². The molecular weight excluding hydrogens is 355 g/mol. The van der Waals surface area contributed by atoms with Gasteiger partial charge in [0.2, 0.25) is 5.91 Å². The summed E-state index contributed by atoms with van der Waals surface area (Å²) < 4.78 is 38.3. The lowest BCUT2D eigenvalue weighted by Crippen LogP contribution is -2.24. The highest BCUT2D eigenvalue weighted by Gasteiger charge is 2.30. The molecule has 1 amide bonds. The van der Waals surface area contributed by atoms with E-state index >= 15 is 0 Å². The molecule has 2 aromatic carbocycles. The number of benzene rings is 2. The van der Waals surface area contributed by atoms with Crippen LogP contribution in [0.4, 0.5) is 13.2 Å². The van der Waals surface area contributed by atoms with Crippen molar-refractivity contribution in [2.45, 2.75) is 12.7 Å². The molecule has 0 bridgehead atoms. The summed E-state index contributed by atoms with van der Waals surface area (Å²) in [5.41, 5.74) is 1.66. The number of rotatable bonds is 4. The van der Waals surface area contributed by atoms with Gasteiger partial charge in [0.1, 0.15) is 0 Å². The molecule has 3 rings (SSSR count). The summed E-state index contributed by atoms with van der Waals surface area (Å²) in [6.07, 6.45) is 0.00295. The van der Waals surface area contributed by atoms with Crippen molar-refractivity contribution in [3.8, 4) is 0 Å². The van der Waals surface area contributed by atoms with Crippen molar-refractivity contribution in [1.29, 1.82) is 0 Å². The summed E-state index contributed by atoms with van der Waals surface area (Å²) >= 11 is 0. The number of para-hydroxylation sites is 2. The number of likely N-dealkylation sites (N-methyl/N-ethyl adjacent to an activating group) is 1. The van der Waals surface area contributed by atoms with Crippen molar-refractivity contribution >= 4 is 23.0 Å². The van der Waals surface area contributed by atoms with E-state index in [1.807, 2.05) is 24.3 Å². The van der Waals surface area contributed by atoms with E-state index in [9.17, 15) is 18.0 Å². The van der Waals surface area contributed by atoms with Crippen LogP contribution < -0.4 is 0 Å². The maximum absolute atomic E-state index is 12.8. The molecule has 1 aromatic heterocycles. The summed E-state index contributed by atoms with van der Waals surface area (Å²) in [6, 6.07) is 12.3. The van der Waals surface area contributed by atoms with Gasteiger partial charge >= 0.3 is 6.18 Å². The molecule has 0 saturated carbocycles. The lowest BCUT2D eigenvalue weighted by molar-refractivity contribution is -0.137. The minimum atomic E-state index is -4.41. The number of carbonyl (C=O) groups is 1. The minimum absolute atomic E-state index is 0.0660. The summed E-state index contributed by atoms with van der Waals surface area (Å²) in [5, 5.41) is 0. The lowest BCUT2D eigenvalue weighted by atomic mass is 10.1. The molecule has 0 N–H and O–H groups in total. The molecule has 0 aliphatic rings. The molecule has 0 spiro atoms. The highest BCUT2D eigenvalue weighted by atomic mass is 19.4. The highest BCUT2D eigenvalue weighted by Crippen LogP contribution is 2.29. The zero-order chi connectivity index (χ0) is 19.4. The Labute approximate surface area is 154 Å². The van der Waals surface area contributed by atoms with Gasteiger partial charge in [-0.15, -0.1) is 0 Å². The molecule has 0 saturated heterocycles. The third-order valence-electron chi connectivity index (χ3n) is 3.91. The Bertz CT molecular complexity index is 999. The number of aromatic nitrogens is 2. The maximum atomic E-state index is 12.8. The Morgan fingerprint density at radius 3 is 2.59 bits per heavy atom. The predicted octanol–water partition coefficient (Wildman–Crippen LogP) is 4.32. The van der Waals surface area contributed by atoms with Gasteiger partial charge in [-0.1, -0.05) is 24.3 Å². The number of hydrogen-bond donors (Lipinski definition) is 0. The van der Waals surface area contributed by atoms with Crippen LogP contribution in [-0.4, -0.2) is 27.8 Å². The fraction of sp³-hybridized carbons (Fsp3) is 0.150. The Balaban J connectivity index is 1.69. The molecule has 7 heteroatoms. The van der Waals surface area contributed by atoms with E-state index in [-0.39, 0.29) is 12.5 Å². The standard InChI is InChI=1S/C20H16F3N3O/c1-26(13-14-5-4-6-15(11-14)20(21,22)23)19(27)10-9-16-12-24-17-7-2-3-8-18(17)25-16/h2-12H,13H2,1H3. The van der Waals surface area contributed by atoms with Gasteiger partial charge < -0.3 is 4.90 Å². The van der Waals surface area contributed by atoms with E-state index in [0.29, 0.717) is 16.8 Å². The van der Waals surface area contributed by atoms with Gasteiger partial charge in [-0.25, -0.2) is 4.98 Å². The van der Waals surface area contributed by atoms with Crippen LogP contribution in [0.3, 0.4) is 0 Å². The van der Waals surface area contributed by atoms with Crippen LogP contribution >= 0.6 is 0 Å². The average molecular weight is 371 g/mol. The zero-order valence-corrected chi connectivity index (χ0v) is 14.4. The molecule has 0 atom stereocenters. The van der Waals surface area contributed by atoms with Gasteiger partial charge in [0.05, 0.1) is 28.5 Å². The second kappa shape index (κ2) is 7.57. The van der Waals surface area contributed by atoms with Crippen LogP contribution in [0.2, 0.25) is 0 Å². The Hall–Kier alpha value is -3.22. The third kappa shape index (κ3) is 4.69. The van der Waals surface area contributed by atoms with E-state index in [1.54, 1.807) is 12.3 Å². The highest BCUT2D eigenvalue weighted by molar-refractivity contribution is 5.91. The summed E-state index contributed by atoms with van der Waals surface area (Å²) in [5.74, 6) is -0.345. The minimum Gasteiger partial charge on any atom is -0.338 e. The van der Waals surface area contributed by atoms with Gasteiger partial charge in [-0.05, 0) is 35.9 Å². The molecular formula is C20H16F3N3O. The van der Waals surface area contributed by atoms with Crippen molar-refractivity contribution in [2.24, 2.45) is 0 Å². The van der Waals surface area contributed by atoms with Crippen molar-refractivity contribution in [1.82, 2.24) is 14.9 Å². The normalized spacial score (nSPS) is 11.9. The smallest absolute Gasteiger partial charge is 0.338 e. The Kier molecular flexibility index (Phi) is 5.21. The number of hydrogen-bond acceptors (Lipinski definition) is 3. The number of carbonyl (C=O) groups excluding carboxylic acids is 1. The quantitative estimate of drug-likeness (QED) is 0.642. The number of nitrogens with zero attached hydrogens (tertiary/aromatic N) is 3. The van der Waals surface area contributed by atoms with E-state index in [2.05, 4.69) is 9.97 Å². The second-order valence-electron chi connectivity index (χ2n) is 6.01. The molecule has 0 radical (unpaired) electrons. The van der Waals surface area contributed by atoms with Gasteiger partial charge in [-0.2, -0.15) is 13.2 Å². The molecule has 0 aliphatic carbocycles. The first kappa shape index (κ1) is 18.6. The van der Waals surface area contributed by atoms with Crippen molar-refractivity contribution in [3.05, 3.63) is 77.6 Å². The Morgan fingerprint density at radius 2 is 1.85 bits per heavy atom. The van der Waals surface area contributed by atoms with Crippen LogP contribution in [0.1, 0.15) is 16.8 Å². The molecule has 0 unspecified atom stereocenters. The third-order valence-corrected chi connectivity index (χ3v) is 3.91. The van der Waals surface area contributed by atoms with Crippen molar-refractivity contribution in [2.75, 3.05) is 7.05 Å². The summed E-state index contributed by atoms with van der Waals surface area (Å²) in [7, 11) is 1.53. The van der Waals surface area contributed by atoms with Gasteiger partial charge in [-0.3, -0.25) is 9.78 Å². The van der Waals surface area contributed by atoms with Gasteiger partial charge in [0, 0.05) is 19.7 Å². The molecule has 3 aromatic rings. The zero-order valence-electron chi connectivity index (χ0n) is 14.4. The first-order chi connectivity index (χ1) is 12.8. The largest absolute Gasteiger partial charge is 0.416 e. The van der Waals surface area contributed by atoms with Crippen LogP contribution in [-0.2, 0) is 17.5 Å². The average Bonchev–Trinajstić information content (AvgIpc) is 2.65. The first-order valence-corrected chi connectivity index (χ1v) is 8.14. The van der Waals surface area contributed by atoms with E-state index in [4.69, 9.17) is 0 Å². The van der Waals surface area contributed by atoms with Crippen molar-refractivity contribution < 1.29 is 18.0 Å². The Morgan fingerprint density at radius 1 is 1.11 bits per heavy atom. The number of alkyl halides is 3. The van der Waals surface area contributed by atoms with E-state index < -0.39 is 11.7 Å². The first-order valence-electron chi connectivity index (χ1n) is 8.14. The second-order valence-corrected chi connectivity index (χ2v) is 6.01. The summed E-state index contributed by atoms with van der Waals surface area (Å²) in [4.78, 5) is 22.2. The number of fused-ring (bicyclic) bond motifs is 1. The fourth-order valence-corrected chi connectivity index (χ4v) is 2.53. The molecule has 1 heterocycles. The molecule has 0 aliphatic heterocycles. The van der Waals surface area contributed by atoms with Crippen LogP contribution in [0.15, 0.2) is 60.8 Å². The SMILES string of the molecule is CN(Cc1cccc(C(F)(F)F)c1)C(=O)C=Cc1cnc2ccccc2n1. The van der Waals surface area contributed by atoms with E-state index in [1.165, 1.54) is 30.2 Å². The van der Waals surface area contributed by atoms with Crippen LogP contribution in [0.25, 0.3) is 17.1 Å². The van der Waals surface area contributed by atoms with Gasteiger partial charge in [0.15, 0.2) is 0 Å². The predicted molar refractivity (Wildman–Crippen MR) is 96.5 cm³/mol. The maximum Gasteiger partial charge on any atom is 0.416 e.